The Bertz CT molecular complexity index is 253. The van der Waals surface area contributed by atoms with E-state index in [-0.39, 0.29) is 0 Å². The summed E-state index contributed by atoms with van der Waals surface area (Å²) in [6, 6.07) is 11.4. The van der Waals surface area contributed by atoms with Crippen molar-refractivity contribution in [2.45, 2.75) is 32.2 Å². The number of thioether (sulfide) groups is 1. The molecule has 1 atom stereocenters. The lowest BCUT2D eigenvalue weighted by atomic mass is 10.0. The van der Waals surface area contributed by atoms with E-state index in [1.807, 2.05) is 11.8 Å². The van der Waals surface area contributed by atoms with E-state index in [0.29, 0.717) is 6.04 Å². The molecule has 0 amide bonds. The van der Waals surface area contributed by atoms with E-state index < -0.39 is 0 Å². The van der Waals surface area contributed by atoms with E-state index in [1.54, 1.807) is 0 Å². The standard InChI is InChI=1S/C14H23NS/c1-3-10-15-14(9-11-16-2)12-13-7-5-4-6-8-13/h4-8,14-15H,3,9-12H2,1-2H3. The lowest BCUT2D eigenvalue weighted by Gasteiger charge is -2.18. The molecule has 0 saturated carbocycles. The van der Waals surface area contributed by atoms with Crippen LogP contribution in [-0.2, 0) is 6.42 Å². The van der Waals surface area contributed by atoms with Gasteiger partial charge in [0.05, 0.1) is 0 Å². The first-order chi connectivity index (χ1) is 7.86. The molecule has 0 aliphatic carbocycles. The second kappa shape index (κ2) is 8.66. The second-order valence-corrected chi connectivity index (χ2v) is 5.11. The van der Waals surface area contributed by atoms with E-state index in [1.165, 1.54) is 24.2 Å². The van der Waals surface area contributed by atoms with Crippen LogP contribution in [-0.4, -0.2) is 24.6 Å². The summed E-state index contributed by atoms with van der Waals surface area (Å²) >= 11 is 1.93. The molecule has 1 aromatic carbocycles. The summed E-state index contributed by atoms with van der Waals surface area (Å²) < 4.78 is 0. The number of benzene rings is 1. The van der Waals surface area contributed by atoms with Crippen molar-refractivity contribution in [3.8, 4) is 0 Å². The van der Waals surface area contributed by atoms with Crippen LogP contribution in [0.1, 0.15) is 25.3 Å². The maximum atomic E-state index is 3.64. The third kappa shape index (κ3) is 5.57. The summed E-state index contributed by atoms with van der Waals surface area (Å²) in [7, 11) is 0. The Morgan fingerprint density at radius 1 is 1.25 bits per heavy atom. The number of hydrogen-bond acceptors (Lipinski definition) is 2. The first-order valence-electron chi connectivity index (χ1n) is 6.13. The molecule has 0 saturated heterocycles. The van der Waals surface area contributed by atoms with Gasteiger partial charge >= 0.3 is 0 Å². The quantitative estimate of drug-likeness (QED) is 0.744. The van der Waals surface area contributed by atoms with Gasteiger partial charge in [-0.1, -0.05) is 37.3 Å². The van der Waals surface area contributed by atoms with Crippen LogP contribution in [0.3, 0.4) is 0 Å². The average Bonchev–Trinajstić information content (AvgIpc) is 2.34. The van der Waals surface area contributed by atoms with Gasteiger partial charge in [0.2, 0.25) is 0 Å². The monoisotopic (exact) mass is 237 g/mol. The molecule has 0 bridgehead atoms. The number of hydrogen-bond donors (Lipinski definition) is 1. The Morgan fingerprint density at radius 2 is 2.00 bits per heavy atom. The van der Waals surface area contributed by atoms with Crippen LogP contribution in [0.25, 0.3) is 0 Å². The fraction of sp³-hybridized carbons (Fsp3) is 0.571. The molecule has 0 heterocycles. The maximum absolute atomic E-state index is 3.64. The van der Waals surface area contributed by atoms with Gasteiger partial charge in [-0.25, -0.2) is 0 Å². The van der Waals surface area contributed by atoms with E-state index in [9.17, 15) is 0 Å². The fourth-order valence-corrected chi connectivity index (χ4v) is 2.30. The average molecular weight is 237 g/mol. The molecule has 0 aromatic heterocycles. The molecule has 1 N–H and O–H groups in total. The molecule has 1 rings (SSSR count). The molecule has 0 fully saturated rings. The Balaban J connectivity index is 2.42. The third-order valence-corrected chi connectivity index (χ3v) is 3.32. The zero-order valence-corrected chi connectivity index (χ0v) is 11.2. The van der Waals surface area contributed by atoms with Crippen LogP contribution in [0, 0.1) is 0 Å². The largest absolute Gasteiger partial charge is 0.314 e. The summed E-state index contributed by atoms with van der Waals surface area (Å²) in [4.78, 5) is 0. The highest BCUT2D eigenvalue weighted by Crippen LogP contribution is 2.08. The number of rotatable bonds is 8. The normalized spacial score (nSPS) is 12.6. The van der Waals surface area contributed by atoms with Gasteiger partial charge in [0, 0.05) is 6.04 Å². The minimum absolute atomic E-state index is 0.634. The summed E-state index contributed by atoms with van der Waals surface area (Å²) in [5, 5.41) is 3.64. The molecule has 1 nitrogen and oxygen atoms in total. The molecule has 1 unspecified atom stereocenters. The highest BCUT2D eigenvalue weighted by atomic mass is 32.2. The lowest BCUT2D eigenvalue weighted by molar-refractivity contribution is 0.497. The molecule has 0 aliphatic rings. The molecular weight excluding hydrogens is 214 g/mol. The Hall–Kier alpha value is -0.470. The van der Waals surface area contributed by atoms with E-state index in [2.05, 4.69) is 48.8 Å². The van der Waals surface area contributed by atoms with Crippen molar-refractivity contribution >= 4 is 11.8 Å². The molecule has 2 heteroatoms. The van der Waals surface area contributed by atoms with E-state index in [4.69, 9.17) is 0 Å². The zero-order valence-electron chi connectivity index (χ0n) is 10.4. The molecule has 0 aliphatic heterocycles. The molecular formula is C14H23NS. The summed E-state index contributed by atoms with van der Waals surface area (Å²) in [5.74, 6) is 1.24. The van der Waals surface area contributed by atoms with Crippen molar-refractivity contribution in [3.63, 3.8) is 0 Å². The maximum Gasteiger partial charge on any atom is 0.0115 e. The number of nitrogens with one attached hydrogen (secondary N) is 1. The van der Waals surface area contributed by atoms with Crippen molar-refractivity contribution in [1.29, 1.82) is 0 Å². The van der Waals surface area contributed by atoms with Gasteiger partial charge in [-0.15, -0.1) is 0 Å². The predicted molar refractivity (Wildman–Crippen MR) is 75.2 cm³/mol. The van der Waals surface area contributed by atoms with Crippen LogP contribution in [0.15, 0.2) is 30.3 Å². The van der Waals surface area contributed by atoms with Gasteiger partial charge in [-0.05, 0) is 43.4 Å². The van der Waals surface area contributed by atoms with Crippen LogP contribution in [0.4, 0.5) is 0 Å². The molecule has 1 aromatic rings. The van der Waals surface area contributed by atoms with Gasteiger partial charge in [0.15, 0.2) is 0 Å². The highest BCUT2D eigenvalue weighted by Gasteiger charge is 2.07. The SMILES string of the molecule is CCCNC(CCSC)Cc1ccccc1. The topological polar surface area (TPSA) is 12.0 Å². The Labute approximate surface area is 104 Å². The molecule has 16 heavy (non-hydrogen) atoms. The smallest absolute Gasteiger partial charge is 0.0115 e. The van der Waals surface area contributed by atoms with Crippen molar-refractivity contribution in [3.05, 3.63) is 35.9 Å². The van der Waals surface area contributed by atoms with E-state index >= 15 is 0 Å². The summed E-state index contributed by atoms with van der Waals surface area (Å²) in [6.45, 7) is 3.35. The van der Waals surface area contributed by atoms with Crippen molar-refractivity contribution < 1.29 is 0 Å². The molecule has 90 valence electrons. The molecule has 0 radical (unpaired) electrons. The van der Waals surface area contributed by atoms with Gasteiger partial charge in [0.1, 0.15) is 0 Å². The fourth-order valence-electron chi connectivity index (χ4n) is 1.78. The van der Waals surface area contributed by atoms with Crippen molar-refractivity contribution in [2.75, 3.05) is 18.6 Å². The summed E-state index contributed by atoms with van der Waals surface area (Å²) in [6.07, 6.45) is 5.81. The Morgan fingerprint density at radius 3 is 2.62 bits per heavy atom. The van der Waals surface area contributed by atoms with Crippen LogP contribution in [0.2, 0.25) is 0 Å². The summed E-state index contributed by atoms with van der Waals surface area (Å²) in [5.41, 5.74) is 1.44. The third-order valence-electron chi connectivity index (χ3n) is 2.68. The van der Waals surface area contributed by atoms with Crippen LogP contribution >= 0.6 is 11.8 Å². The first-order valence-corrected chi connectivity index (χ1v) is 7.52. The lowest BCUT2D eigenvalue weighted by Crippen LogP contribution is -2.32. The van der Waals surface area contributed by atoms with Crippen molar-refractivity contribution in [1.82, 2.24) is 5.32 Å². The predicted octanol–water partition coefficient (Wildman–Crippen LogP) is 3.35. The van der Waals surface area contributed by atoms with Gasteiger partial charge in [-0.3, -0.25) is 0 Å². The van der Waals surface area contributed by atoms with Crippen LogP contribution in [0.5, 0.6) is 0 Å². The van der Waals surface area contributed by atoms with Gasteiger partial charge in [0.25, 0.3) is 0 Å². The van der Waals surface area contributed by atoms with Gasteiger partial charge < -0.3 is 5.32 Å². The Kier molecular flexibility index (Phi) is 7.35. The van der Waals surface area contributed by atoms with Crippen LogP contribution < -0.4 is 5.32 Å². The minimum Gasteiger partial charge on any atom is -0.314 e. The second-order valence-electron chi connectivity index (χ2n) is 4.12. The minimum atomic E-state index is 0.634. The zero-order chi connectivity index (χ0) is 11.6. The highest BCUT2D eigenvalue weighted by molar-refractivity contribution is 7.98. The van der Waals surface area contributed by atoms with Gasteiger partial charge in [-0.2, -0.15) is 11.8 Å². The van der Waals surface area contributed by atoms with Crippen molar-refractivity contribution in [2.24, 2.45) is 0 Å². The first kappa shape index (κ1) is 13.6. The molecule has 0 spiro atoms. The van der Waals surface area contributed by atoms with E-state index in [0.717, 1.165) is 13.0 Å².